The van der Waals surface area contributed by atoms with Crippen LogP contribution in [0.5, 0.6) is 0 Å². The summed E-state index contributed by atoms with van der Waals surface area (Å²) >= 11 is 0. The smallest absolute Gasteiger partial charge is 0.328 e. The molecule has 242 valence electrons. The molecule has 2 amide bonds. The summed E-state index contributed by atoms with van der Waals surface area (Å²) in [6.45, 7) is 6.97. The first kappa shape index (κ1) is 35.5. The van der Waals surface area contributed by atoms with Crippen molar-refractivity contribution in [2.75, 3.05) is 20.2 Å². The van der Waals surface area contributed by atoms with E-state index in [0.29, 0.717) is 30.9 Å². The van der Waals surface area contributed by atoms with E-state index >= 15 is 0 Å². The van der Waals surface area contributed by atoms with Crippen LogP contribution in [-0.2, 0) is 31.0 Å². The standard InChI is InChI=1S/C29H47N11O4/c1-29(2,3)18-11-9-17(10-12-18)23-37-16-19(38-23)15-22(40-24(41)20(30)7-5-13-35-27(31)32)25(42)39-21(26(43)44-4)8-6-14-36-28(33)34/h9-12,16,20-22H,5-8,13-15,30H2,1-4H3,(H,37,38)(H,39,42)(H,40,41)(H4,31,32,35)(H4,33,34,36)/t20-,21-,22-/m0/s1. The lowest BCUT2D eigenvalue weighted by Crippen LogP contribution is -2.55. The number of esters is 1. The largest absolute Gasteiger partial charge is 0.467 e. The average molecular weight is 614 g/mol. The number of nitrogens with two attached hydrogens (primary N) is 5. The molecule has 0 radical (unpaired) electrons. The highest BCUT2D eigenvalue weighted by Gasteiger charge is 2.29. The lowest BCUT2D eigenvalue weighted by molar-refractivity contribution is -0.145. The number of ether oxygens (including phenoxy) is 1. The topological polar surface area (TPSA) is 268 Å². The zero-order valence-electron chi connectivity index (χ0n) is 25.9. The van der Waals surface area contributed by atoms with Crippen molar-refractivity contribution in [3.8, 4) is 11.4 Å². The Morgan fingerprint density at radius 1 is 0.909 bits per heavy atom. The number of hydrogen-bond donors (Lipinski definition) is 8. The number of imidazole rings is 1. The molecule has 1 aromatic heterocycles. The number of carbonyl (C=O) groups excluding carboxylic acids is 3. The number of rotatable bonds is 16. The van der Waals surface area contributed by atoms with Crippen LogP contribution in [0.25, 0.3) is 11.4 Å². The molecule has 0 aliphatic heterocycles. The van der Waals surface area contributed by atoms with E-state index in [1.807, 2.05) is 24.3 Å². The minimum absolute atomic E-state index is 0.00449. The summed E-state index contributed by atoms with van der Waals surface area (Å²) < 4.78 is 4.87. The molecule has 15 heteroatoms. The van der Waals surface area contributed by atoms with Gasteiger partial charge in [-0.15, -0.1) is 0 Å². The van der Waals surface area contributed by atoms with Gasteiger partial charge in [-0.3, -0.25) is 19.6 Å². The fraction of sp³-hybridized carbons (Fsp3) is 0.517. The van der Waals surface area contributed by atoms with Crippen LogP contribution in [0.4, 0.5) is 0 Å². The van der Waals surface area contributed by atoms with Gasteiger partial charge in [-0.2, -0.15) is 0 Å². The molecule has 0 fully saturated rings. The van der Waals surface area contributed by atoms with Crippen molar-refractivity contribution in [1.29, 1.82) is 0 Å². The van der Waals surface area contributed by atoms with Crippen LogP contribution in [0.3, 0.4) is 0 Å². The van der Waals surface area contributed by atoms with Crippen molar-refractivity contribution in [1.82, 2.24) is 20.6 Å². The maximum Gasteiger partial charge on any atom is 0.328 e. The Morgan fingerprint density at radius 3 is 2.02 bits per heavy atom. The highest BCUT2D eigenvalue weighted by atomic mass is 16.5. The molecule has 0 bridgehead atoms. The van der Waals surface area contributed by atoms with Gasteiger partial charge < -0.3 is 49.0 Å². The molecular weight excluding hydrogens is 566 g/mol. The van der Waals surface area contributed by atoms with Gasteiger partial charge in [0.1, 0.15) is 17.9 Å². The van der Waals surface area contributed by atoms with E-state index in [9.17, 15) is 14.4 Å². The van der Waals surface area contributed by atoms with Crippen molar-refractivity contribution in [2.45, 2.75) is 76.4 Å². The zero-order valence-corrected chi connectivity index (χ0v) is 25.9. The molecule has 1 heterocycles. The molecule has 0 saturated carbocycles. The van der Waals surface area contributed by atoms with Crippen LogP contribution in [0, 0.1) is 0 Å². The molecule has 0 aliphatic carbocycles. The molecule has 2 aromatic rings. The van der Waals surface area contributed by atoms with Crippen LogP contribution < -0.4 is 39.3 Å². The normalized spacial score (nSPS) is 13.2. The summed E-state index contributed by atoms with van der Waals surface area (Å²) in [4.78, 5) is 54.4. The van der Waals surface area contributed by atoms with E-state index in [4.69, 9.17) is 33.4 Å². The minimum atomic E-state index is -1.09. The number of guanidine groups is 2. The van der Waals surface area contributed by atoms with Gasteiger partial charge in [0.25, 0.3) is 0 Å². The van der Waals surface area contributed by atoms with Crippen molar-refractivity contribution in [3.63, 3.8) is 0 Å². The van der Waals surface area contributed by atoms with E-state index in [2.05, 4.69) is 51.4 Å². The Morgan fingerprint density at radius 2 is 1.48 bits per heavy atom. The number of aromatic amines is 1. The Labute approximate surface area is 257 Å². The second-order valence-corrected chi connectivity index (χ2v) is 11.4. The number of aliphatic imine (C=N–C) groups is 2. The molecule has 15 nitrogen and oxygen atoms in total. The van der Waals surface area contributed by atoms with Crippen LogP contribution in [0.15, 0.2) is 40.4 Å². The number of hydrogen-bond acceptors (Lipinski definition) is 8. The molecule has 44 heavy (non-hydrogen) atoms. The first-order valence-corrected chi connectivity index (χ1v) is 14.4. The molecule has 0 saturated heterocycles. The lowest BCUT2D eigenvalue weighted by atomic mass is 9.87. The number of amides is 2. The SMILES string of the molecule is COC(=O)[C@H](CCCN=C(N)N)NC(=O)[C@H](Cc1cnc(-c2ccc(C(C)(C)C)cc2)[nH]1)NC(=O)[C@@H](N)CCCN=C(N)N. The summed E-state index contributed by atoms with van der Waals surface area (Å²) in [5.74, 6) is -1.32. The van der Waals surface area contributed by atoms with Gasteiger partial charge in [-0.1, -0.05) is 45.0 Å². The molecular formula is C29H47N11O4. The Kier molecular flexibility index (Phi) is 13.6. The van der Waals surface area contributed by atoms with Gasteiger partial charge in [-0.25, -0.2) is 9.78 Å². The number of H-pyrrole nitrogens is 1. The number of aromatic nitrogens is 2. The molecule has 3 atom stereocenters. The van der Waals surface area contributed by atoms with Crippen LogP contribution in [-0.4, -0.2) is 78.0 Å². The van der Waals surface area contributed by atoms with Gasteiger partial charge in [0.2, 0.25) is 11.8 Å². The second-order valence-electron chi connectivity index (χ2n) is 11.4. The number of methoxy groups -OCH3 is 1. The quantitative estimate of drug-likeness (QED) is 0.0520. The fourth-order valence-electron chi connectivity index (χ4n) is 4.26. The lowest BCUT2D eigenvalue weighted by Gasteiger charge is -2.23. The third kappa shape index (κ3) is 11.9. The van der Waals surface area contributed by atoms with Gasteiger partial charge in [-0.05, 0) is 36.7 Å². The predicted molar refractivity (Wildman–Crippen MR) is 170 cm³/mol. The molecule has 1 aromatic carbocycles. The summed E-state index contributed by atoms with van der Waals surface area (Å²) in [7, 11) is 1.22. The minimum Gasteiger partial charge on any atom is -0.467 e. The first-order chi connectivity index (χ1) is 20.7. The average Bonchev–Trinajstić information content (AvgIpc) is 3.43. The van der Waals surface area contributed by atoms with Crippen molar-refractivity contribution in [2.24, 2.45) is 38.7 Å². The van der Waals surface area contributed by atoms with E-state index in [1.165, 1.54) is 12.7 Å². The molecule has 0 spiro atoms. The van der Waals surface area contributed by atoms with E-state index in [-0.39, 0.29) is 43.1 Å². The third-order valence-electron chi connectivity index (χ3n) is 6.76. The molecule has 0 unspecified atom stereocenters. The fourth-order valence-corrected chi connectivity index (χ4v) is 4.26. The van der Waals surface area contributed by atoms with Gasteiger partial charge in [0.05, 0.1) is 13.2 Å². The Bertz CT molecular complexity index is 1290. The molecule has 13 N–H and O–H groups in total. The Hall–Kier alpha value is -4.66. The first-order valence-electron chi connectivity index (χ1n) is 14.4. The van der Waals surface area contributed by atoms with Crippen LogP contribution in [0.2, 0.25) is 0 Å². The van der Waals surface area contributed by atoms with Gasteiger partial charge in [0.15, 0.2) is 11.9 Å². The summed E-state index contributed by atoms with van der Waals surface area (Å²) in [5, 5.41) is 5.40. The predicted octanol–water partition coefficient (Wildman–Crippen LogP) is -0.506. The molecule has 2 rings (SSSR count). The summed E-state index contributed by atoms with van der Waals surface area (Å²) in [6, 6.07) is 5.03. The maximum atomic E-state index is 13.5. The molecule has 0 aliphatic rings. The highest BCUT2D eigenvalue weighted by molar-refractivity contribution is 5.92. The van der Waals surface area contributed by atoms with E-state index in [1.54, 1.807) is 6.20 Å². The van der Waals surface area contributed by atoms with Gasteiger partial charge in [0, 0.05) is 37.0 Å². The van der Waals surface area contributed by atoms with Gasteiger partial charge >= 0.3 is 5.97 Å². The number of nitrogens with one attached hydrogen (secondary N) is 3. The van der Waals surface area contributed by atoms with Crippen molar-refractivity contribution in [3.05, 3.63) is 41.7 Å². The van der Waals surface area contributed by atoms with Crippen LogP contribution >= 0.6 is 0 Å². The highest BCUT2D eigenvalue weighted by Crippen LogP contribution is 2.25. The second kappa shape index (κ2) is 16.8. The summed E-state index contributed by atoms with van der Waals surface area (Å²) in [6.07, 6.45) is 2.99. The van der Waals surface area contributed by atoms with Crippen LogP contribution in [0.1, 0.15) is 57.7 Å². The number of carbonyl (C=O) groups is 3. The summed E-state index contributed by atoms with van der Waals surface area (Å²) in [5.41, 5.74) is 30.1. The van der Waals surface area contributed by atoms with Crippen molar-refractivity contribution < 1.29 is 19.1 Å². The number of nitrogens with zero attached hydrogens (tertiary/aromatic N) is 3. The Balaban J connectivity index is 2.23. The van der Waals surface area contributed by atoms with E-state index in [0.717, 1.165) is 5.56 Å². The maximum absolute atomic E-state index is 13.5. The zero-order chi connectivity index (χ0) is 32.9. The monoisotopic (exact) mass is 613 g/mol. The number of benzene rings is 1. The van der Waals surface area contributed by atoms with Crippen molar-refractivity contribution >= 4 is 29.7 Å². The van der Waals surface area contributed by atoms with E-state index < -0.39 is 35.9 Å². The third-order valence-corrected chi connectivity index (χ3v) is 6.76.